The van der Waals surface area contributed by atoms with E-state index in [4.69, 9.17) is 9.47 Å². The van der Waals surface area contributed by atoms with Crippen molar-refractivity contribution in [2.24, 2.45) is 0 Å². The second kappa shape index (κ2) is 4.48. The van der Waals surface area contributed by atoms with Gasteiger partial charge in [0.05, 0.1) is 19.9 Å². The second-order valence-electron chi connectivity index (χ2n) is 5.21. The number of ether oxygens (including phenoxy) is 2. The van der Waals surface area contributed by atoms with Gasteiger partial charge in [-0.05, 0) is 28.6 Å². The number of pyridine rings is 1. The minimum atomic E-state index is 0.738. The predicted molar refractivity (Wildman–Crippen MR) is 83.1 cm³/mol. The molecule has 0 saturated heterocycles. The summed E-state index contributed by atoms with van der Waals surface area (Å²) >= 11 is 0. The molecule has 3 aromatic rings. The number of benzene rings is 2. The zero-order valence-corrected chi connectivity index (χ0v) is 12.0. The molecule has 1 aromatic heterocycles. The average Bonchev–Trinajstić information content (AvgIpc) is 2.92. The van der Waals surface area contributed by atoms with Crippen LogP contribution >= 0.6 is 0 Å². The lowest BCUT2D eigenvalue weighted by Crippen LogP contribution is -1.93. The van der Waals surface area contributed by atoms with E-state index < -0.39 is 0 Å². The lowest BCUT2D eigenvalue weighted by atomic mass is 10.0. The maximum atomic E-state index is 5.44. The van der Waals surface area contributed by atoms with E-state index in [1.54, 1.807) is 14.2 Å². The van der Waals surface area contributed by atoms with Gasteiger partial charge in [0.25, 0.3) is 0 Å². The summed E-state index contributed by atoms with van der Waals surface area (Å²) in [6.07, 6.45) is 2.84. The van der Waals surface area contributed by atoms with Crippen molar-refractivity contribution >= 4 is 10.8 Å². The van der Waals surface area contributed by atoms with Crippen molar-refractivity contribution in [3.63, 3.8) is 0 Å². The van der Waals surface area contributed by atoms with Crippen molar-refractivity contribution in [2.45, 2.75) is 6.42 Å². The van der Waals surface area contributed by atoms with E-state index in [0.29, 0.717) is 0 Å². The van der Waals surface area contributed by atoms with Crippen LogP contribution in [-0.2, 0) is 6.42 Å². The molecule has 2 aromatic carbocycles. The van der Waals surface area contributed by atoms with Gasteiger partial charge < -0.3 is 9.47 Å². The van der Waals surface area contributed by atoms with Crippen LogP contribution in [0.25, 0.3) is 22.0 Å². The molecule has 21 heavy (non-hydrogen) atoms. The van der Waals surface area contributed by atoms with Gasteiger partial charge in [0.1, 0.15) is 0 Å². The predicted octanol–water partition coefficient (Wildman–Crippen LogP) is 3.82. The van der Waals surface area contributed by atoms with Crippen LogP contribution in [0, 0.1) is 0 Å². The second-order valence-corrected chi connectivity index (χ2v) is 5.21. The molecule has 0 atom stereocenters. The molecule has 4 rings (SSSR count). The van der Waals surface area contributed by atoms with E-state index in [0.717, 1.165) is 29.0 Å². The Morgan fingerprint density at radius 1 is 1.00 bits per heavy atom. The molecule has 0 unspecified atom stereocenters. The lowest BCUT2D eigenvalue weighted by molar-refractivity contribution is 0.356. The fraction of sp³-hybridized carbons (Fsp3) is 0.167. The standard InChI is InChI=1S/C18H15NO2/c1-20-16-8-12-10-19-18-13-6-4-3-5-11(13)7-15(18)14(12)9-17(16)21-2/h3-6,8-10H,7H2,1-2H3. The van der Waals surface area contributed by atoms with Gasteiger partial charge in [0.15, 0.2) is 11.5 Å². The third-order valence-electron chi connectivity index (χ3n) is 4.14. The molecule has 0 spiro atoms. The van der Waals surface area contributed by atoms with Gasteiger partial charge in [-0.15, -0.1) is 0 Å². The summed E-state index contributed by atoms with van der Waals surface area (Å²) in [6.45, 7) is 0. The number of rotatable bonds is 2. The third kappa shape index (κ3) is 1.70. The summed E-state index contributed by atoms with van der Waals surface area (Å²) in [5.41, 5.74) is 4.94. The Hall–Kier alpha value is -2.55. The van der Waals surface area contributed by atoms with Gasteiger partial charge >= 0.3 is 0 Å². The number of hydrogen-bond donors (Lipinski definition) is 0. The molecule has 0 radical (unpaired) electrons. The first-order valence-corrected chi connectivity index (χ1v) is 6.93. The van der Waals surface area contributed by atoms with Crippen LogP contribution in [0.5, 0.6) is 11.5 Å². The number of fused-ring (bicyclic) bond motifs is 5. The molecule has 1 heterocycles. The van der Waals surface area contributed by atoms with Gasteiger partial charge in [-0.2, -0.15) is 0 Å². The Morgan fingerprint density at radius 3 is 2.57 bits per heavy atom. The number of hydrogen-bond acceptors (Lipinski definition) is 3. The number of nitrogens with zero attached hydrogens (tertiary/aromatic N) is 1. The first kappa shape index (κ1) is 12.2. The van der Waals surface area contributed by atoms with Crippen LogP contribution < -0.4 is 9.47 Å². The quantitative estimate of drug-likeness (QED) is 0.558. The highest BCUT2D eigenvalue weighted by molar-refractivity contribution is 5.94. The maximum Gasteiger partial charge on any atom is 0.161 e. The summed E-state index contributed by atoms with van der Waals surface area (Å²) in [5.74, 6) is 1.50. The van der Waals surface area contributed by atoms with E-state index in [-0.39, 0.29) is 0 Å². The molecule has 0 saturated carbocycles. The SMILES string of the molecule is COc1cc2cnc3c(c2cc1OC)Cc1ccccc1-3. The first-order chi connectivity index (χ1) is 10.3. The highest BCUT2D eigenvalue weighted by Gasteiger charge is 2.22. The lowest BCUT2D eigenvalue weighted by Gasteiger charge is -2.11. The third-order valence-corrected chi connectivity index (χ3v) is 4.14. The Labute approximate surface area is 123 Å². The van der Waals surface area contributed by atoms with Crippen LogP contribution in [0.3, 0.4) is 0 Å². The van der Waals surface area contributed by atoms with Gasteiger partial charge in [-0.1, -0.05) is 24.3 Å². The molecule has 1 aliphatic rings. The van der Waals surface area contributed by atoms with E-state index in [1.807, 2.05) is 12.3 Å². The molecule has 0 aliphatic heterocycles. The van der Waals surface area contributed by atoms with E-state index in [2.05, 4.69) is 35.3 Å². The van der Waals surface area contributed by atoms with Crippen LogP contribution in [-0.4, -0.2) is 19.2 Å². The van der Waals surface area contributed by atoms with Crippen molar-refractivity contribution in [1.29, 1.82) is 0 Å². The monoisotopic (exact) mass is 277 g/mol. The van der Waals surface area contributed by atoms with Crippen LogP contribution in [0.15, 0.2) is 42.6 Å². The molecule has 0 amide bonds. The van der Waals surface area contributed by atoms with Crippen molar-refractivity contribution in [2.75, 3.05) is 14.2 Å². The summed E-state index contributed by atoms with van der Waals surface area (Å²) in [4.78, 5) is 4.66. The Kier molecular flexibility index (Phi) is 2.61. The minimum Gasteiger partial charge on any atom is -0.493 e. The summed E-state index contributed by atoms with van der Waals surface area (Å²) in [6, 6.07) is 12.5. The zero-order chi connectivity index (χ0) is 14.4. The Morgan fingerprint density at radius 2 is 1.76 bits per heavy atom. The molecular weight excluding hydrogens is 262 g/mol. The Bertz CT molecular complexity index is 855. The molecule has 3 heteroatoms. The van der Waals surface area contributed by atoms with Gasteiger partial charge in [0, 0.05) is 23.6 Å². The van der Waals surface area contributed by atoms with Gasteiger partial charge in [-0.25, -0.2) is 0 Å². The zero-order valence-electron chi connectivity index (χ0n) is 12.0. The van der Waals surface area contributed by atoms with E-state index in [9.17, 15) is 0 Å². The van der Waals surface area contributed by atoms with Crippen molar-refractivity contribution in [1.82, 2.24) is 4.98 Å². The topological polar surface area (TPSA) is 31.4 Å². The highest BCUT2D eigenvalue weighted by atomic mass is 16.5. The van der Waals surface area contributed by atoms with E-state index >= 15 is 0 Å². The van der Waals surface area contributed by atoms with Gasteiger partial charge in [-0.3, -0.25) is 4.98 Å². The molecule has 104 valence electrons. The van der Waals surface area contributed by atoms with Crippen molar-refractivity contribution in [3.05, 3.63) is 53.7 Å². The van der Waals surface area contributed by atoms with E-state index in [1.165, 1.54) is 22.1 Å². The molecular formula is C18H15NO2. The average molecular weight is 277 g/mol. The largest absolute Gasteiger partial charge is 0.493 e. The highest BCUT2D eigenvalue weighted by Crippen LogP contribution is 2.41. The van der Waals surface area contributed by atoms with Crippen LogP contribution in [0.2, 0.25) is 0 Å². The normalized spacial score (nSPS) is 12.1. The summed E-state index contributed by atoms with van der Waals surface area (Å²) in [5, 5.41) is 2.27. The molecule has 0 N–H and O–H groups in total. The number of aromatic nitrogens is 1. The fourth-order valence-corrected chi connectivity index (χ4v) is 3.11. The molecule has 0 fully saturated rings. The van der Waals surface area contributed by atoms with Crippen LogP contribution in [0.4, 0.5) is 0 Å². The molecule has 0 bridgehead atoms. The Balaban J connectivity index is 2.01. The molecule has 3 nitrogen and oxygen atoms in total. The smallest absolute Gasteiger partial charge is 0.161 e. The van der Waals surface area contributed by atoms with Crippen LogP contribution in [0.1, 0.15) is 11.1 Å². The summed E-state index contributed by atoms with van der Waals surface area (Å²) in [7, 11) is 3.32. The minimum absolute atomic E-state index is 0.738. The summed E-state index contributed by atoms with van der Waals surface area (Å²) < 4.78 is 10.8. The number of methoxy groups -OCH3 is 2. The molecule has 1 aliphatic carbocycles. The van der Waals surface area contributed by atoms with Gasteiger partial charge in [0.2, 0.25) is 0 Å². The van der Waals surface area contributed by atoms with Crippen molar-refractivity contribution in [3.8, 4) is 22.8 Å². The first-order valence-electron chi connectivity index (χ1n) is 6.93. The van der Waals surface area contributed by atoms with Crippen molar-refractivity contribution < 1.29 is 9.47 Å². The fourth-order valence-electron chi connectivity index (χ4n) is 3.11. The maximum absolute atomic E-state index is 5.44.